The largest absolute Gasteiger partial charge is 0.493 e. The van der Waals surface area contributed by atoms with Crippen LogP contribution in [0.25, 0.3) is 0 Å². The number of likely N-dealkylation sites (tertiary alicyclic amines) is 2. The highest BCUT2D eigenvalue weighted by Crippen LogP contribution is 2.47. The molecule has 3 aliphatic heterocycles. The molecular formula is C30H45N3O8. The summed E-state index contributed by atoms with van der Waals surface area (Å²) < 4.78 is 16.7. The van der Waals surface area contributed by atoms with Crippen molar-refractivity contribution in [2.24, 2.45) is 11.3 Å². The smallest absolute Gasteiger partial charge is 0.308 e. The van der Waals surface area contributed by atoms with Crippen molar-refractivity contribution in [1.29, 1.82) is 0 Å². The monoisotopic (exact) mass is 575 g/mol. The van der Waals surface area contributed by atoms with Gasteiger partial charge in [0.15, 0.2) is 11.5 Å². The van der Waals surface area contributed by atoms with Crippen molar-refractivity contribution in [1.82, 2.24) is 14.7 Å². The maximum atomic E-state index is 13.6. The Morgan fingerprint density at radius 1 is 1.20 bits per heavy atom. The number of carboxylic acids is 1. The Hall–Kier alpha value is -3.05. The average molecular weight is 576 g/mol. The Bertz CT molecular complexity index is 1100. The second-order valence-electron chi connectivity index (χ2n) is 12.0. The van der Waals surface area contributed by atoms with Crippen LogP contribution in [0, 0.1) is 11.3 Å². The molecule has 11 nitrogen and oxygen atoms in total. The molecule has 0 bridgehead atoms. The second kappa shape index (κ2) is 13.3. The summed E-state index contributed by atoms with van der Waals surface area (Å²) in [6, 6.07) is 3.16. The highest BCUT2D eigenvalue weighted by molar-refractivity contribution is 5.84. The molecule has 3 atom stereocenters. The molecule has 3 heterocycles. The summed E-state index contributed by atoms with van der Waals surface area (Å²) in [4.78, 5) is 45.0. The standard InChI is InChI=1S/C30H45N3O8/c1-5-6-10-31(11-7-14-34)25(35)18-33-17-21(20-15-23(39-4)27-24(16-20)40-19-41-27)26(28(36)37)22(33)8-12-32-13-9-30(2,3)29(32)38/h15-16,21-22,26,34H,5-14,17-19H2,1-4H3,(H,36,37)/t21-,22+,26?/m1/s1. The molecule has 0 aromatic heterocycles. The molecule has 41 heavy (non-hydrogen) atoms. The first-order valence-corrected chi connectivity index (χ1v) is 14.7. The van der Waals surface area contributed by atoms with Gasteiger partial charge in [-0.05, 0) is 43.4 Å². The number of hydrogen-bond donors (Lipinski definition) is 2. The van der Waals surface area contributed by atoms with E-state index < -0.39 is 29.3 Å². The first kappa shape index (κ1) is 30.9. The van der Waals surface area contributed by atoms with Crippen LogP contribution in [0.4, 0.5) is 0 Å². The number of carboxylic acid groups (broad SMARTS) is 1. The predicted molar refractivity (Wildman–Crippen MR) is 151 cm³/mol. The number of aliphatic hydroxyl groups is 1. The van der Waals surface area contributed by atoms with E-state index >= 15 is 0 Å². The van der Waals surface area contributed by atoms with Gasteiger partial charge in [0.1, 0.15) is 0 Å². The minimum Gasteiger partial charge on any atom is -0.493 e. The molecule has 1 aromatic carbocycles. The number of amides is 2. The van der Waals surface area contributed by atoms with Crippen molar-refractivity contribution in [3.05, 3.63) is 17.7 Å². The zero-order valence-electron chi connectivity index (χ0n) is 24.8. The number of unbranched alkanes of at least 4 members (excludes halogenated alkanes) is 1. The normalized spacial score (nSPS) is 23.3. The van der Waals surface area contributed by atoms with Gasteiger partial charge >= 0.3 is 5.97 Å². The number of aliphatic hydroxyl groups excluding tert-OH is 1. The SMILES string of the molecule is CCCCN(CCCO)C(=O)CN1C[C@H](c2cc(OC)c3c(c2)OCO3)C(C(=O)O)[C@@H]1CCN1CCC(C)(C)C1=O. The van der Waals surface area contributed by atoms with Crippen molar-refractivity contribution in [3.8, 4) is 17.2 Å². The van der Waals surface area contributed by atoms with E-state index in [9.17, 15) is 24.6 Å². The first-order chi connectivity index (χ1) is 19.6. The van der Waals surface area contributed by atoms with Gasteiger partial charge < -0.3 is 34.2 Å². The number of carbonyl (C=O) groups is 3. The van der Waals surface area contributed by atoms with Crippen molar-refractivity contribution >= 4 is 17.8 Å². The summed E-state index contributed by atoms with van der Waals surface area (Å²) >= 11 is 0. The number of ether oxygens (including phenoxy) is 3. The number of fused-ring (bicyclic) bond motifs is 1. The van der Waals surface area contributed by atoms with E-state index in [0.29, 0.717) is 62.8 Å². The predicted octanol–water partition coefficient (Wildman–Crippen LogP) is 2.55. The lowest BCUT2D eigenvalue weighted by molar-refractivity contribution is -0.144. The minimum absolute atomic E-state index is 0.00242. The second-order valence-corrected chi connectivity index (χ2v) is 12.0. The molecule has 2 amide bonds. The first-order valence-electron chi connectivity index (χ1n) is 14.7. The summed E-state index contributed by atoms with van der Waals surface area (Å²) in [6.45, 7) is 8.56. The molecule has 2 saturated heterocycles. The third kappa shape index (κ3) is 6.72. The number of carbonyl (C=O) groups excluding carboxylic acids is 2. The van der Waals surface area contributed by atoms with E-state index in [1.54, 1.807) is 11.0 Å². The molecule has 4 rings (SSSR count). The summed E-state index contributed by atoms with van der Waals surface area (Å²) in [5.41, 5.74) is 0.329. The number of benzene rings is 1. The zero-order chi connectivity index (χ0) is 29.7. The van der Waals surface area contributed by atoms with Gasteiger partial charge in [0, 0.05) is 56.7 Å². The minimum atomic E-state index is -0.942. The topological polar surface area (TPSA) is 129 Å². The van der Waals surface area contributed by atoms with Crippen molar-refractivity contribution < 1.29 is 38.8 Å². The quantitative estimate of drug-likeness (QED) is 0.344. The Balaban J connectivity index is 1.63. The Morgan fingerprint density at radius 2 is 1.95 bits per heavy atom. The molecular weight excluding hydrogens is 530 g/mol. The van der Waals surface area contributed by atoms with Crippen LogP contribution in [0.3, 0.4) is 0 Å². The van der Waals surface area contributed by atoms with Crippen molar-refractivity contribution in [2.75, 3.05) is 59.8 Å². The van der Waals surface area contributed by atoms with Gasteiger partial charge in [-0.15, -0.1) is 0 Å². The number of nitrogens with zero attached hydrogens (tertiary/aromatic N) is 3. The average Bonchev–Trinajstić information content (AvgIpc) is 3.63. The van der Waals surface area contributed by atoms with E-state index in [2.05, 4.69) is 6.92 Å². The number of rotatable bonds is 14. The van der Waals surface area contributed by atoms with Crippen LogP contribution in [0.5, 0.6) is 17.2 Å². The lowest BCUT2D eigenvalue weighted by atomic mass is 9.84. The van der Waals surface area contributed by atoms with Crippen LogP contribution in [0.2, 0.25) is 0 Å². The fourth-order valence-corrected chi connectivity index (χ4v) is 6.35. The Morgan fingerprint density at radius 3 is 2.59 bits per heavy atom. The van der Waals surface area contributed by atoms with Crippen molar-refractivity contribution in [2.45, 2.75) is 64.8 Å². The van der Waals surface area contributed by atoms with E-state index in [0.717, 1.165) is 24.8 Å². The summed E-state index contributed by atoms with van der Waals surface area (Å²) in [7, 11) is 1.53. The molecule has 1 unspecified atom stereocenters. The van der Waals surface area contributed by atoms with E-state index in [1.807, 2.05) is 29.7 Å². The molecule has 2 N–H and O–H groups in total. The molecule has 228 valence electrons. The molecule has 11 heteroatoms. The molecule has 0 aliphatic carbocycles. The maximum absolute atomic E-state index is 13.6. The van der Waals surface area contributed by atoms with Crippen molar-refractivity contribution in [3.63, 3.8) is 0 Å². The van der Waals surface area contributed by atoms with E-state index in [4.69, 9.17) is 14.2 Å². The van der Waals surface area contributed by atoms with Crippen LogP contribution in [-0.4, -0.2) is 109 Å². The van der Waals surface area contributed by atoms with E-state index in [-0.39, 0.29) is 31.8 Å². The fourth-order valence-electron chi connectivity index (χ4n) is 6.35. The molecule has 2 fully saturated rings. The number of hydrogen-bond acceptors (Lipinski definition) is 8. The van der Waals surface area contributed by atoms with Crippen LogP contribution in [0.1, 0.15) is 64.4 Å². The molecule has 0 radical (unpaired) electrons. The summed E-state index contributed by atoms with van der Waals surface area (Å²) in [5.74, 6) is -0.696. The third-order valence-corrected chi connectivity index (χ3v) is 8.77. The maximum Gasteiger partial charge on any atom is 0.308 e. The Labute approximate surface area is 242 Å². The summed E-state index contributed by atoms with van der Waals surface area (Å²) in [5, 5.41) is 19.9. The van der Waals surface area contributed by atoms with Gasteiger partial charge in [-0.3, -0.25) is 19.3 Å². The van der Waals surface area contributed by atoms with Gasteiger partial charge in [0.05, 0.1) is 19.6 Å². The van der Waals surface area contributed by atoms with Crippen LogP contribution in [0.15, 0.2) is 12.1 Å². The molecule has 0 saturated carbocycles. The lowest BCUT2D eigenvalue weighted by Crippen LogP contribution is -2.46. The van der Waals surface area contributed by atoms with Gasteiger partial charge in [0.2, 0.25) is 24.4 Å². The fraction of sp³-hybridized carbons (Fsp3) is 0.700. The third-order valence-electron chi connectivity index (χ3n) is 8.77. The highest BCUT2D eigenvalue weighted by atomic mass is 16.7. The van der Waals surface area contributed by atoms with E-state index in [1.165, 1.54) is 7.11 Å². The molecule has 3 aliphatic rings. The summed E-state index contributed by atoms with van der Waals surface area (Å²) in [6.07, 6.45) is 3.48. The van der Waals surface area contributed by atoms with Crippen LogP contribution < -0.4 is 14.2 Å². The van der Waals surface area contributed by atoms with Gasteiger partial charge in [-0.1, -0.05) is 27.2 Å². The van der Waals surface area contributed by atoms with Gasteiger partial charge in [-0.25, -0.2) is 0 Å². The number of aliphatic carboxylic acids is 1. The number of methoxy groups -OCH3 is 1. The highest BCUT2D eigenvalue weighted by Gasteiger charge is 2.48. The molecule has 1 aromatic rings. The van der Waals surface area contributed by atoms with Gasteiger partial charge in [0.25, 0.3) is 0 Å². The lowest BCUT2D eigenvalue weighted by Gasteiger charge is -2.31. The van der Waals surface area contributed by atoms with Crippen LogP contribution in [-0.2, 0) is 14.4 Å². The van der Waals surface area contributed by atoms with Crippen LogP contribution >= 0.6 is 0 Å². The molecule has 0 spiro atoms. The zero-order valence-corrected chi connectivity index (χ0v) is 24.8. The van der Waals surface area contributed by atoms with Gasteiger partial charge in [-0.2, -0.15) is 0 Å². The Kier molecular flexibility index (Phi) is 10.0.